The van der Waals surface area contributed by atoms with E-state index < -0.39 is 4.92 Å². The quantitative estimate of drug-likeness (QED) is 0.498. The van der Waals surface area contributed by atoms with Crippen molar-refractivity contribution in [3.8, 4) is 0 Å². The number of nitrogens with one attached hydrogen (secondary N) is 2. The molecule has 0 aliphatic heterocycles. The molecule has 0 spiro atoms. The second-order valence-corrected chi connectivity index (χ2v) is 5.95. The summed E-state index contributed by atoms with van der Waals surface area (Å²) in [6.07, 6.45) is 1.31. The molecule has 1 aromatic heterocycles. The lowest BCUT2D eigenvalue weighted by atomic mass is 10.1. The van der Waals surface area contributed by atoms with E-state index in [1.165, 1.54) is 6.33 Å². The Morgan fingerprint density at radius 1 is 1.04 bits per heavy atom. The third-order valence-corrected chi connectivity index (χ3v) is 3.94. The number of nitrogens with zero attached hydrogens (tertiary/aromatic N) is 3. The second kappa shape index (κ2) is 7.60. The van der Waals surface area contributed by atoms with Crippen LogP contribution in [0.3, 0.4) is 0 Å². The van der Waals surface area contributed by atoms with Gasteiger partial charge in [0.25, 0.3) is 0 Å². The molecule has 2 N–H and O–H groups in total. The number of aryl methyl sites for hydroxylation is 1. The Bertz CT molecular complexity index is 915. The maximum absolute atomic E-state index is 11.7. The zero-order valence-electron chi connectivity index (χ0n) is 14.5. The molecule has 7 heteroatoms. The molecule has 0 amide bonds. The molecule has 3 aromatic rings. The summed E-state index contributed by atoms with van der Waals surface area (Å²) in [6, 6.07) is 17.1. The molecule has 132 valence electrons. The fraction of sp³-hybridized carbons (Fsp3) is 0.158. The van der Waals surface area contributed by atoms with Gasteiger partial charge in [0.2, 0.25) is 11.6 Å². The van der Waals surface area contributed by atoms with Crippen LogP contribution in [0.2, 0.25) is 0 Å². The average molecular weight is 349 g/mol. The third-order valence-electron chi connectivity index (χ3n) is 3.94. The summed E-state index contributed by atoms with van der Waals surface area (Å²) in [4.78, 5) is 19.3. The van der Waals surface area contributed by atoms with E-state index in [1.54, 1.807) is 0 Å². The SMILES string of the molecule is Cc1cccc(Nc2ncnc(NC(C)c3ccccc3)c2[N+](=O)[O-])c1. The number of rotatable bonds is 6. The molecular formula is C19H19N5O2. The molecule has 0 aliphatic carbocycles. The minimum absolute atomic E-state index is 0.142. The minimum atomic E-state index is -0.474. The summed E-state index contributed by atoms with van der Waals surface area (Å²) in [6.45, 7) is 3.88. The van der Waals surface area contributed by atoms with Gasteiger partial charge in [0.1, 0.15) is 6.33 Å². The van der Waals surface area contributed by atoms with Crippen molar-refractivity contribution in [2.24, 2.45) is 0 Å². The number of anilines is 3. The Kier molecular flexibility index (Phi) is 5.07. The van der Waals surface area contributed by atoms with Gasteiger partial charge >= 0.3 is 5.69 Å². The van der Waals surface area contributed by atoms with Gasteiger partial charge in [-0.3, -0.25) is 10.1 Å². The van der Waals surface area contributed by atoms with Crippen LogP contribution >= 0.6 is 0 Å². The Morgan fingerprint density at radius 3 is 2.46 bits per heavy atom. The molecule has 1 unspecified atom stereocenters. The van der Waals surface area contributed by atoms with Crippen LogP contribution in [0.15, 0.2) is 60.9 Å². The molecule has 0 bridgehead atoms. The number of nitro groups is 1. The largest absolute Gasteiger partial charge is 0.358 e. The van der Waals surface area contributed by atoms with E-state index in [-0.39, 0.29) is 23.4 Å². The molecule has 0 radical (unpaired) electrons. The first kappa shape index (κ1) is 17.3. The van der Waals surface area contributed by atoms with Gasteiger partial charge in [-0.25, -0.2) is 9.97 Å². The summed E-state index contributed by atoms with van der Waals surface area (Å²) in [5, 5.41) is 17.8. The van der Waals surface area contributed by atoms with Crippen LogP contribution in [0.4, 0.5) is 23.0 Å². The van der Waals surface area contributed by atoms with Crippen LogP contribution in [0.5, 0.6) is 0 Å². The lowest BCUT2D eigenvalue weighted by Gasteiger charge is -2.16. The number of hydrogen-bond acceptors (Lipinski definition) is 6. The highest BCUT2D eigenvalue weighted by atomic mass is 16.6. The molecule has 2 aromatic carbocycles. The van der Waals surface area contributed by atoms with Crippen LogP contribution in [0.1, 0.15) is 24.1 Å². The topological polar surface area (TPSA) is 93.0 Å². The smallest absolute Gasteiger partial charge is 0.353 e. The molecule has 1 atom stereocenters. The molecule has 0 saturated carbocycles. The van der Waals surface area contributed by atoms with E-state index in [4.69, 9.17) is 0 Å². The van der Waals surface area contributed by atoms with Gasteiger partial charge in [-0.1, -0.05) is 42.5 Å². The van der Waals surface area contributed by atoms with Gasteiger partial charge in [0.15, 0.2) is 0 Å². The first-order chi connectivity index (χ1) is 12.5. The lowest BCUT2D eigenvalue weighted by molar-refractivity contribution is -0.383. The fourth-order valence-electron chi connectivity index (χ4n) is 2.64. The van der Waals surface area contributed by atoms with E-state index in [9.17, 15) is 10.1 Å². The van der Waals surface area contributed by atoms with Crippen molar-refractivity contribution < 1.29 is 4.92 Å². The van der Waals surface area contributed by atoms with Crippen molar-refractivity contribution in [1.29, 1.82) is 0 Å². The molecular weight excluding hydrogens is 330 g/mol. The highest BCUT2D eigenvalue weighted by Crippen LogP contribution is 2.33. The van der Waals surface area contributed by atoms with Crippen LogP contribution in [0.25, 0.3) is 0 Å². The highest BCUT2D eigenvalue weighted by Gasteiger charge is 2.24. The average Bonchev–Trinajstić information content (AvgIpc) is 2.62. The lowest BCUT2D eigenvalue weighted by Crippen LogP contribution is -2.11. The predicted molar refractivity (Wildman–Crippen MR) is 102 cm³/mol. The zero-order valence-corrected chi connectivity index (χ0v) is 14.5. The van der Waals surface area contributed by atoms with Gasteiger partial charge in [0, 0.05) is 5.69 Å². The standard InChI is InChI=1S/C19H19N5O2/c1-13-7-6-10-16(11-13)23-19-17(24(25)26)18(20-12-21-19)22-14(2)15-8-4-3-5-9-15/h3-12,14H,1-2H3,(H2,20,21,22,23). The molecule has 26 heavy (non-hydrogen) atoms. The predicted octanol–water partition coefficient (Wildman–Crippen LogP) is 4.61. The van der Waals surface area contributed by atoms with Gasteiger partial charge < -0.3 is 10.6 Å². The Morgan fingerprint density at radius 2 is 1.77 bits per heavy atom. The van der Waals surface area contributed by atoms with Crippen LogP contribution in [-0.2, 0) is 0 Å². The van der Waals surface area contributed by atoms with Gasteiger partial charge in [-0.2, -0.15) is 0 Å². The number of benzene rings is 2. The summed E-state index contributed by atoms with van der Waals surface area (Å²) < 4.78 is 0. The van der Waals surface area contributed by atoms with Gasteiger partial charge in [-0.15, -0.1) is 0 Å². The third kappa shape index (κ3) is 3.94. The molecule has 0 fully saturated rings. The Hall–Kier alpha value is -3.48. The van der Waals surface area contributed by atoms with Crippen molar-refractivity contribution in [3.63, 3.8) is 0 Å². The molecule has 7 nitrogen and oxygen atoms in total. The highest BCUT2D eigenvalue weighted by molar-refractivity contribution is 5.74. The minimum Gasteiger partial charge on any atom is -0.358 e. The summed E-state index contributed by atoms with van der Waals surface area (Å²) in [7, 11) is 0. The maximum atomic E-state index is 11.7. The Balaban J connectivity index is 1.92. The van der Waals surface area contributed by atoms with E-state index >= 15 is 0 Å². The monoisotopic (exact) mass is 349 g/mol. The van der Waals surface area contributed by atoms with E-state index in [0.29, 0.717) is 0 Å². The summed E-state index contributed by atoms with van der Waals surface area (Å²) in [5.41, 5.74) is 2.60. The Labute approximate surface area is 151 Å². The molecule has 3 rings (SSSR count). The van der Waals surface area contributed by atoms with Crippen molar-refractivity contribution in [3.05, 3.63) is 82.2 Å². The van der Waals surface area contributed by atoms with Crippen molar-refractivity contribution in [2.45, 2.75) is 19.9 Å². The molecule has 0 aliphatic rings. The first-order valence-electron chi connectivity index (χ1n) is 8.19. The molecule has 0 saturated heterocycles. The van der Waals surface area contributed by atoms with E-state index in [1.807, 2.05) is 68.4 Å². The fourth-order valence-corrected chi connectivity index (χ4v) is 2.64. The van der Waals surface area contributed by atoms with Crippen molar-refractivity contribution >= 4 is 23.0 Å². The van der Waals surface area contributed by atoms with E-state index in [0.717, 1.165) is 16.8 Å². The van der Waals surface area contributed by atoms with Crippen molar-refractivity contribution in [1.82, 2.24) is 9.97 Å². The molecule has 1 heterocycles. The van der Waals surface area contributed by atoms with Crippen LogP contribution < -0.4 is 10.6 Å². The first-order valence-corrected chi connectivity index (χ1v) is 8.19. The number of aromatic nitrogens is 2. The second-order valence-electron chi connectivity index (χ2n) is 5.95. The summed E-state index contributed by atoms with van der Waals surface area (Å²) in [5.74, 6) is 0.329. The normalized spacial score (nSPS) is 11.6. The van der Waals surface area contributed by atoms with Crippen LogP contribution in [-0.4, -0.2) is 14.9 Å². The van der Waals surface area contributed by atoms with Crippen molar-refractivity contribution in [2.75, 3.05) is 10.6 Å². The number of hydrogen-bond donors (Lipinski definition) is 2. The van der Waals surface area contributed by atoms with E-state index in [2.05, 4.69) is 20.6 Å². The maximum Gasteiger partial charge on any atom is 0.353 e. The van der Waals surface area contributed by atoms with Gasteiger partial charge in [-0.05, 0) is 37.1 Å². The summed E-state index contributed by atoms with van der Waals surface area (Å²) >= 11 is 0. The van der Waals surface area contributed by atoms with Crippen LogP contribution in [0, 0.1) is 17.0 Å². The zero-order chi connectivity index (χ0) is 18.5. The van der Waals surface area contributed by atoms with Gasteiger partial charge in [0.05, 0.1) is 11.0 Å².